The first kappa shape index (κ1) is 54.9. The molecule has 0 radical (unpaired) electrons. The van der Waals surface area contributed by atoms with Crippen molar-refractivity contribution in [2.75, 3.05) is 13.2 Å². The van der Waals surface area contributed by atoms with Gasteiger partial charge in [0.1, 0.15) is 13.5 Å². The lowest BCUT2D eigenvalue weighted by atomic mass is 10.1. The molecular formula is C51H60Br3N11O6Si2. The number of primary amides is 2. The number of rotatable bonds is 16. The third kappa shape index (κ3) is 13.1. The van der Waals surface area contributed by atoms with Gasteiger partial charge in [0.2, 0.25) is 0 Å². The summed E-state index contributed by atoms with van der Waals surface area (Å²) in [5, 5.41) is 25.1. The minimum absolute atomic E-state index is 0.261. The number of aromatic nitrogens is 9. The first-order valence-electron chi connectivity index (χ1n) is 23.3. The van der Waals surface area contributed by atoms with Crippen LogP contribution in [0.2, 0.25) is 51.4 Å². The number of hydrogen-bond acceptors (Lipinski definition) is 8. The van der Waals surface area contributed by atoms with Gasteiger partial charge in [0.15, 0.2) is 0 Å². The van der Waals surface area contributed by atoms with E-state index in [9.17, 15) is 19.5 Å². The lowest BCUT2D eigenvalue weighted by Gasteiger charge is -2.17. The van der Waals surface area contributed by atoms with Crippen LogP contribution in [0.3, 0.4) is 0 Å². The van der Waals surface area contributed by atoms with Crippen LogP contribution in [0.4, 0.5) is 0 Å². The SMILES string of the molecule is Cn1cc(-c2cc3c(Br)ccc(C(=O)O)c3n2COCC[Si](C)(C)C)cn1.Cn1cc(-c2cc3c(Br)ccc(C(N)=O)c3[nH]2)cn1.Cn1cc(-c2cc3c(Br)ccc(C(N)=O)c3n2COCC[Si](C)(C)C)cn1. The zero-order valence-electron chi connectivity index (χ0n) is 42.3. The number of carboxylic acid groups (broad SMARTS) is 1. The molecule has 6 heterocycles. The van der Waals surface area contributed by atoms with Gasteiger partial charge in [0, 0.05) is 121 Å². The van der Waals surface area contributed by atoms with Crippen LogP contribution in [-0.4, -0.2) is 95.7 Å². The molecule has 0 bridgehead atoms. The van der Waals surface area contributed by atoms with Crippen molar-refractivity contribution in [3.05, 3.63) is 122 Å². The van der Waals surface area contributed by atoms with Crippen molar-refractivity contribution in [2.24, 2.45) is 32.6 Å². The van der Waals surface area contributed by atoms with Gasteiger partial charge in [-0.3, -0.25) is 23.6 Å². The third-order valence-corrected chi connectivity index (χ3v) is 17.4. The molecule has 6 N–H and O–H groups in total. The molecule has 9 rings (SSSR count). The van der Waals surface area contributed by atoms with E-state index in [0.29, 0.717) is 43.3 Å². The highest BCUT2D eigenvalue weighted by molar-refractivity contribution is 9.11. The Hall–Kier alpha value is -5.89. The van der Waals surface area contributed by atoms with Gasteiger partial charge in [0.05, 0.1) is 63.2 Å². The number of nitrogens with two attached hydrogens (primary N) is 2. The van der Waals surface area contributed by atoms with E-state index >= 15 is 0 Å². The number of halogens is 3. The van der Waals surface area contributed by atoms with Gasteiger partial charge in [-0.2, -0.15) is 15.3 Å². The Bertz CT molecular complexity index is 3320. The van der Waals surface area contributed by atoms with Crippen molar-refractivity contribution in [3.8, 4) is 33.8 Å². The molecule has 3 aromatic carbocycles. The molecule has 73 heavy (non-hydrogen) atoms. The molecule has 0 saturated carbocycles. The van der Waals surface area contributed by atoms with Gasteiger partial charge in [-0.05, 0) is 66.7 Å². The van der Waals surface area contributed by atoms with Crippen molar-refractivity contribution < 1.29 is 29.0 Å². The van der Waals surface area contributed by atoms with E-state index in [1.54, 1.807) is 50.7 Å². The van der Waals surface area contributed by atoms with E-state index < -0.39 is 33.9 Å². The molecule has 0 aliphatic rings. The summed E-state index contributed by atoms with van der Waals surface area (Å²) in [4.78, 5) is 38.5. The predicted octanol–water partition coefficient (Wildman–Crippen LogP) is 11.5. The number of carbonyl (C=O) groups is 3. The number of carbonyl (C=O) groups excluding carboxylic acids is 2. The second-order valence-corrected chi connectivity index (χ2v) is 33.9. The largest absolute Gasteiger partial charge is 0.478 e. The van der Waals surface area contributed by atoms with E-state index in [1.807, 2.05) is 85.4 Å². The zero-order chi connectivity index (χ0) is 53.1. The summed E-state index contributed by atoms with van der Waals surface area (Å²) in [7, 11) is 3.23. The summed E-state index contributed by atoms with van der Waals surface area (Å²) in [6.07, 6.45) is 11.1. The van der Waals surface area contributed by atoms with Gasteiger partial charge in [-0.1, -0.05) is 87.1 Å². The molecule has 17 nitrogen and oxygen atoms in total. The molecule has 0 saturated heterocycles. The standard InChI is InChI=1S/C19H25BrN4O2Si.C19H24BrN3O3Si.C13H11BrN4O/c1-23-11-13(10-22-23)17-9-15-16(20)6-5-14(19(21)25)18(15)24(17)12-26-7-8-27(2,3)4;1-22-11-13(10-21-22)17-9-15-16(20)6-5-14(19(24)25)18(15)23(17)12-26-7-8-27(2,3)4;1-18-6-7(5-16-18)11-4-9-10(14)3-2-8(13(15)19)12(9)17-11/h5-6,9-11H,7-8,12H2,1-4H3,(H2,21,25);5-6,9-11H,7-8,12H2,1-4H3,(H,24,25);2-6,17H,1H3,(H2,15,19). The molecule has 0 atom stereocenters. The molecule has 0 aliphatic carbocycles. The number of aromatic carboxylic acids is 1. The van der Waals surface area contributed by atoms with E-state index in [4.69, 9.17) is 20.9 Å². The number of nitrogens with zero attached hydrogens (tertiary/aromatic N) is 8. The van der Waals surface area contributed by atoms with Crippen LogP contribution in [0.25, 0.3) is 66.5 Å². The highest BCUT2D eigenvalue weighted by atomic mass is 79.9. The number of amides is 2. The average Bonchev–Trinajstić information content (AvgIpc) is 4.18. The molecule has 0 unspecified atom stereocenters. The minimum Gasteiger partial charge on any atom is -0.478 e. The molecule has 6 aromatic heterocycles. The van der Waals surface area contributed by atoms with Crippen molar-refractivity contribution in [1.82, 2.24) is 43.5 Å². The summed E-state index contributed by atoms with van der Waals surface area (Å²) in [6, 6.07) is 18.7. The van der Waals surface area contributed by atoms with Gasteiger partial charge in [-0.15, -0.1) is 0 Å². The number of fused-ring (bicyclic) bond motifs is 3. The Morgan fingerprint density at radius 3 is 1.38 bits per heavy atom. The molecule has 0 spiro atoms. The molecule has 0 aliphatic heterocycles. The number of benzene rings is 3. The van der Waals surface area contributed by atoms with Crippen LogP contribution in [0, 0.1) is 0 Å². The molecule has 2 amide bonds. The highest BCUT2D eigenvalue weighted by Gasteiger charge is 2.23. The Labute approximate surface area is 450 Å². The quantitative estimate of drug-likeness (QED) is 0.0533. The second kappa shape index (κ2) is 22.7. The molecular weight excluding hydrogens is 1160 g/mol. The van der Waals surface area contributed by atoms with E-state index in [2.05, 4.69) is 107 Å². The van der Waals surface area contributed by atoms with Crippen molar-refractivity contribution in [1.29, 1.82) is 0 Å². The lowest BCUT2D eigenvalue weighted by Crippen LogP contribution is -2.22. The number of nitrogens with one attached hydrogen (secondary N) is 1. The number of carboxylic acids is 1. The second-order valence-electron chi connectivity index (χ2n) is 20.1. The normalized spacial score (nSPS) is 11.8. The van der Waals surface area contributed by atoms with Crippen molar-refractivity contribution in [2.45, 2.75) is 64.8 Å². The molecule has 0 fully saturated rings. The van der Waals surface area contributed by atoms with Crippen LogP contribution < -0.4 is 11.5 Å². The van der Waals surface area contributed by atoms with Crippen LogP contribution in [0.5, 0.6) is 0 Å². The minimum atomic E-state index is -1.19. The Morgan fingerprint density at radius 2 is 0.986 bits per heavy atom. The molecule has 9 aromatic rings. The van der Waals surface area contributed by atoms with Gasteiger partial charge in [0.25, 0.3) is 11.8 Å². The maximum Gasteiger partial charge on any atom is 0.337 e. The van der Waals surface area contributed by atoms with Gasteiger partial charge >= 0.3 is 5.97 Å². The first-order valence-corrected chi connectivity index (χ1v) is 33.1. The van der Waals surface area contributed by atoms with Crippen LogP contribution in [-0.2, 0) is 44.1 Å². The fourth-order valence-corrected chi connectivity index (χ4v) is 10.9. The first-order chi connectivity index (χ1) is 34.4. The topological polar surface area (TPSA) is 221 Å². The summed E-state index contributed by atoms with van der Waals surface area (Å²) >= 11 is 10.6. The predicted molar refractivity (Wildman–Crippen MR) is 304 cm³/mol. The van der Waals surface area contributed by atoms with E-state index in [-0.39, 0.29) is 5.56 Å². The van der Waals surface area contributed by atoms with Gasteiger partial charge < -0.3 is 40.2 Å². The molecule has 384 valence electrons. The lowest BCUT2D eigenvalue weighted by molar-refractivity contribution is 0.0695. The number of ether oxygens (including phenoxy) is 2. The van der Waals surface area contributed by atoms with Gasteiger partial charge in [-0.25, -0.2) is 4.79 Å². The Balaban J connectivity index is 0.000000163. The number of hydrogen-bond donors (Lipinski definition) is 4. The Kier molecular flexibility index (Phi) is 17.1. The van der Waals surface area contributed by atoms with Crippen molar-refractivity contribution >= 4 is 114 Å². The number of aromatic amines is 1. The van der Waals surface area contributed by atoms with Crippen molar-refractivity contribution in [3.63, 3.8) is 0 Å². The Morgan fingerprint density at radius 1 is 0.589 bits per heavy atom. The maximum atomic E-state index is 12.0. The summed E-state index contributed by atoms with van der Waals surface area (Å²) < 4.78 is 23.8. The summed E-state index contributed by atoms with van der Waals surface area (Å²) in [5.74, 6) is -1.85. The van der Waals surface area contributed by atoms with Crippen LogP contribution in [0.15, 0.2) is 105 Å². The monoisotopic (exact) mass is 1220 g/mol. The zero-order valence-corrected chi connectivity index (χ0v) is 49.0. The maximum absolute atomic E-state index is 12.0. The number of aryl methyl sites for hydroxylation is 3. The third-order valence-electron chi connectivity index (χ3n) is 12.0. The van der Waals surface area contributed by atoms with E-state index in [0.717, 1.165) is 86.5 Å². The van der Waals surface area contributed by atoms with E-state index in [1.165, 1.54) is 0 Å². The fraction of sp³-hybridized carbons (Fsp3) is 0.294. The van der Waals surface area contributed by atoms with Crippen LogP contribution >= 0.6 is 47.8 Å². The summed E-state index contributed by atoms with van der Waals surface area (Å²) in [6.45, 7) is 15.9. The fourth-order valence-electron chi connectivity index (χ4n) is 8.09. The average molecular weight is 1220 g/mol. The summed E-state index contributed by atoms with van der Waals surface area (Å²) in [5.41, 5.74) is 20.0. The van der Waals surface area contributed by atoms with Crippen LogP contribution in [0.1, 0.15) is 31.1 Å². The number of H-pyrrole nitrogens is 1. The molecule has 22 heteroatoms. The highest BCUT2D eigenvalue weighted by Crippen LogP contribution is 2.37. The smallest absolute Gasteiger partial charge is 0.337 e.